The minimum atomic E-state index is -0.615. The van der Waals surface area contributed by atoms with Gasteiger partial charge in [-0.15, -0.1) is 0 Å². The summed E-state index contributed by atoms with van der Waals surface area (Å²) >= 11 is 0. The molecule has 0 aromatic rings. The van der Waals surface area contributed by atoms with Crippen LogP contribution in [0.2, 0.25) is 0 Å². The second kappa shape index (κ2) is 17.7. The summed E-state index contributed by atoms with van der Waals surface area (Å²) in [6.45, 7) is 14.2. The molecule has 0 radical (unpaired) electrons. The molecule has 0 fully saturated rings. The highest BCUT2D eigenvalue weighted by atomic mass is 16.5. The molecule has 7 heteroatoms. The molecule has 0 saturated carbocycles. The van der Waals surface area contributed by atoms with Gasteiger partial charge in [-0.05, 0) is 18.3 Å². The lowest BCUT2D eigenvalue weighted by molar-refractivity contribution is -0.135. The van der Waals surface area contributed by atoms with Crippen molar-refractivity contribution in [3.8, 4) is 0 Å². The van der Waals surface area contributed by atoms with Crippen molar-refractivity contribution in [2.45, 2.75) is 61.3 Å². The van der Waals surface area contributed by atoms with E-state index in [-0.39, 0.29) is 30.7 Å². The highest BCUT2D eigenvalue weighted by molar-refractivity contribution is 5.88. The number of hydrogen-bond acceptors (Lipinski definition) is 4. The zero-order chi connectivity index (χ0) is 19.7. The molecule has 0 rings (SSSR count). The van der Waals surface area contributed by atoms with Crippen LogP contribution in [0.1, 0.15) is 61.3 Å². The number of hydroxylamine groups is 1. The van der Waals surface area contributed by atoms with Gasteiger partial charge in [0.15, 0.2) is 0 Å². The first-order valence-electron chi connectivity index (χ1n) is 8.55. The first-order chi connectivity index (χ1) is 11.1. The highest BCUT2D eigenvalue weighted by Gasteiger charge is 2.23. The zero-order valence-electron chi connectivity index (χ0n) is 16.5. The van der Waals surface area contributed by atoms with Gasteiger partial charge in [-0.2, -0.15) is 0 Å². The van der Waals surface area contributed by atoms with E-state index in [4.69, 9.17) is 5.21 Å². The minimum Gasteiger partial charge on any atom is -0.358 e. The van der Waals surface area contributed by atoms with Crippen molar-refractivity contribution in [1.82, 2.24) is 16.1 Å². The molecule has 0 heterocycles. The fourth-order valence-electron chi connectivity index (χ4n) is 1.52. The number of carbonyl (C=O) groups excluding carboxylic acids is 3. The van der Waals surface area contributed by atoms with Crippen LogP contribution in [0.5, 0.6) is 0 Å². The number of amides is 3. The lowest BCUT2D eigenvalue weighted by atomic mass is 9.93. The molecule has 0 saturated heterocycles. The smallest absolute Gasteiger partial charge is 0.244 e. The zero-order valence-corrected chi connectivity index (χ0v) is 16.5. The van der Waals surface area contributed by atoms with Crippen LogP contribution in [0.3, 0.4) is 0 Å². The van der Waals surface area contributed by atoms with E-state index >= 15 is 0 Å². The fraction of sp³-hybridized carbons (Fsp3) is 0.824. The minimum absolute atomic E-state index is 0.103. The molecule has 0 aliphatic rings. The van der Waals surface area contributed by atoms with E-state index in [0.717, 1.165) is 5.92 Å². The number of nitrogens with one attached hydrogen (secondary N) is 3. The molecule has 7 nitrogen and oxygen atoms in total. The van der Waals surface area contributed by atoms with E-state index in [9.17, 15) is 14.4 Å². The van der Waals surface area contributed by atoms with Gasteiger partial charge >= 0.3 is 0 Å². The molecule has 4 N–H and O–H groups in total. The molecular formula is C17H37N3O4. The van der Waals surface area contributed by atoms with Crippen LogP contribution >= 0.6 is 0 Å². The molecule has 0 aromatic heterocycles. The first-order valence-corrected chi connectivity index (χ1v) is 8.55. The molecule has 3 amide bonds. The van der Waals surface area contributed by atoms with Crippen molar-refractivity contribution in [2.75, 3.05) is 13.6 Å². The molecule has 24 heavy (non-hydrogen) atoms. The molecule has 0 bridgehead atoms. The van der Waals surface area contributed by atoms with Crippen LogP contribution in [0.25, 0.3) is 0 Å². The van der Waals surface area contributed by atoms with Crippen LogP contribution in [0, 0.1) is 17.8 Å². The summed E-state index contributed by atoms with van der Waals surface area (Å²) in [7, 11) is 1.47. The molecule has 1 unspecified atom stereocenters. The van der Waals surface area contributed by atoms with Gasteiger partial charge in [0.05, 0.1) is 6.54 Å². The SMILES string of the molecule is CC.CC(C)C.CNC(=O)CNC(=O)C(CC(=O)NO)CC(C)C. The fourth-order valence-corrected chi connectivity index (χ4v) is 1.52. The standard InChI is InChI=1S/C11H21N3O4.C4H10.C2H6/c1-7(2)4-8(5-9(15)14-18)11(17)13-6-10(16)12-3;1-4(2)3;1-2/h7-8,18H,4-6H2,1-3H3,(H,12,16)(H,13,17)(H,14,15);4H,1-3H3;1-2H3. The maximum absolute atomic E-state index is 11.8. The maximum atomic E-state index is 11.8. The monoisotopic (exact) mass is 347 g/mol. The van der Waals surface area contributed by atoms with E-state index < -0.39 is 11.8 Å². The van der Waals surface area contributed by atoms with E-state index in [0.29, 0.717) is 6.42 Å². The second-order valence-electron chi connectivity index (χ2n) is 6.19. The number of rotatable bonds is 7. The molecule has 144 valence electrons. The van der Waals surface area contributed by atoms with Gasteiger partial charge in [0.2, 0.25) is 17.7 Å². The summed E-state index contributed by atoms with van der Waals surface area (Å²) in [4.78, 5) is 33.9. The van der Waals surface area contributed by atoms with Crippen LogP contribution < -0.4 is 16.1 Å². The largest absolute Gasteiger partial charge is 0.358 e. The van der Waals surface area contributed by atoms with Gasteiger partial charge in [-0.1, -0.05) is 48.5 Å². The van der Waals surface area contributed by atoms with Crippen molar-refractivity contribution < 1.29 is 19.6 Å². The van der Waals surface area contributed by atoms with Crippen molar-refractivity contribution in [3.63, 3.8) is 0 Å². The molecule has 0 aliphatic carbocycles. The maximum Gasteiger partial charge on any atom is 0.244 e. The summed E-state index contributed by atoms with van der Waals surface area (Å²) in [5, 5.41) is 13.3. The van der Waals surface area contributed by atoms with Gasteiger partial charge in [0, 0.05) is 19.4 Å². The van der Waals surface area contributed by atoms with E-state index in [1.807, 2.05) is 27.7 Å². The summed E-state index contributed by atoms with van der Waals surface area (Å²) in [6, 6.07) is 0. The summed E-state index contributed by atoms with van der Waals surface area (Å²) in [5.74, 6) is -0.779. The van der Waals surface area contributed by atoms with Crippen LogP contribution in [0.4, 0.5) is 0 Å². The lowest BCUT2D eigenvalue weighted by Crippen LogP contribution is -2.40. The predicted molar refractivity (Wildman–Crippen MR) is 96.4 cm³/mol. The Morgan fingerprint density at radius 3 is 1.75 bits per heavy atom. The third-order valence-electron chi connectivity index (χ3n) is 2.39. The van der Waals surface area contributed by atoms with Gasteiger partial charge in [0.25, 0.3) is 0 Å². The Hall–Kier alpha value is -1.63. The number of likely N-dealkylation sites (N-methyl/N-ethyl adjacent to an activating group) is 1. The molecule has 1 atom stereocenters. The van der Waals surface area contributed by atoms with Crippen molar-refractivity contribution in [1.29, 1.82) is 0 Å². The topological polar surface area (TPSA) is 108 Å². The Bertz CT molecular complexity index is 342. The third kappa shape index (κ3) is 20.4. The van der Waals surface area contributed by atoms with Gasteiger partial charge in [-0.25, -0.2) is 5.48 Å². The van der Waals surface area contributed by atoms with Crippen molar-refractivity contribution in [2.24, 2.45) is 17.8 Å². The molecule has 0 spiro atoms. The second-order valence-corrected chi connectivity index (χ2v) is 6.19. The average Bonchev–Trinajstić information content (AvgIpc) is 2.52. The number of carbonyl (C=O) groups is 3. The Kier molecular flexibility index (Phi) is 20.1. The lowest BCUT2D eigenvalue weighted by Gasteiger charge is -2.17. The van der Waals surface area contributed by atoms with Crippen LogP contribution in [0.15, 0.2) is 0 Å². The molecule has 0 aliphatic heterocycles. The van der Waals surface area contributed by atoms with Crippen molar-refractivity contribution in [3.05, 3.63) is 0 Å². The summed E-state index contributed by atoms with van der Waals surface area (Å²) in [5.41, 5.74) is 1.50. The highest BCUT2D eigenvalue weighted by Crippen LogP contribution is 2.15. The van der Waals surface area contributed by atoms with Crippen molar-refractivity contribution >= 4 is 17.7 Å². The Balaban J connectivity index is -0.000000636. The Morgan fingerprint density at radius 1 is 0.958 bits per heavy atom. The van der Waals surface area contributed by atoms with Crippen LogP contribution in [-0.4, -0.2) is 36.5 Å². The van der Waals surface area contributed by atoms with Gasteiger partial charge in [0.1, 0.15) is 0 Å². The average molecular weight is 348 g/mol. The van der Waals surface area contributed by atoms with E-state index in [1.54, 1.807) is 0 Å². The molecular weight excluding hydrogens is 310 g/mol. The van der Waals surface area contributed by atoms with E-state index in [1.165, 1.54) is 12.5 Å². The van der Waals surface area contributed by atoms with E-state index in [2.05, 4.69) is 31.4 Å². The number of hydrogen-bond donors (Lipinski definition) is 4. The normalized spacial score (nSPS) is 10.6. The Morgan fingerprint density at radius 2 is 1.42 bits per heavy atom. The van der Waals surface area contributed by atoms with Gasteiger partial charge < -0.3 is 10.6 Å². The van der Waals surface area contributed by atoms with Crippen LogP contribution in [-0.2, 0) is 14.4 Å². The van der Waals surface area contributed by atoms with Gasteiger partial charge in [-0.3, -0.25) is 19.6 Å². The summed E-state index contributed by atoms with van der Waals surface area (Å²) < 4.78 is 0. The quantitative estimate of drug-likeness (QED) is 0.418. The predicted octanol–water partition coefficient (Wildman–Crippen LogP) is 2.09. The first kappa shape index (κ1) is 27.2. The Labute approximate surface area is 146 Å². The molecule has 0 aromatic carbocycles. The summed E-state index contributed by atoms with van der Waals surface area (Å²) in [6.07, 6.45) is 0.404. The third-order valence-corrected chi connectivity index (χ3v) is 2.39.